The van der Waals surface area contributed by atoms with Crippen LogP contribution in [0.5, 0.6) is 11.5 Å². The molecule has 3 aromatic rings. The number of hydrogen-bond acceptors (Lipinski definition) is 7. The van der Waals surface area contributed by atoms with E-state index in [9.17, 15) is 9.59 Å². The highest BCUT2D eigenvalue weighted by Gasteiger charge is 2.12. The fraction of sp³-hybridized carbons (Fsp3) is 0.235. The molecule has 1 aromatic carbocycles. The van der Waals surface area contributed by atoms with Crippen LogP contribution in [0.25, 0.3) is 5.82 Å². The number of carbonyl (C=O) groups excluding carboxylic acids is 1. The Morgan fingerprint density at radius 1 is 1.18 bits per heavy atom. The minimum absolute atomic E-state index is 0.185. The molecular weight excluding hydrogens is 366 g/mol. The number of hydrogen-bond donors (Lipinski definition) is 2. The molecule has 0 unspecified atom stereocenters. The van der Waals surface area contributed by atoms with Gasteiger partial charge in [-0.2, -0.15) is 5.10 Å². The van der Waals surface area contributed by atoms with Gasteiger partial charge in [-0.25, -0.2) is 19.1 Å². The minimum Gasteiger partial charge on any atom is -0.493 e. The van der Waals surface area contributed by atoms with Gasteiger partial charge in [-0.1, -0.05) is 6.07 Å². The molecule has 0 aliphatic rings. The first-order valence-corrected chi connectivity index (χ1v) is 8.31. The standard InChI is InChI=1S/C17H19N7O4/c1-27-13-5-3-4-12(16(13)28-2)21-17(26)19-8-9-23-15(25)7-6-14(22-23)24-11-18-10-20-24/h3-7,10-11H,8-9H2,1-2H3,(H2,19,21,26). The molecule has 0 aliphatic carbocycles. The maximum atomic E-state index is 12.2. The molecule has 2 N–H and O–H groups in total. The third kappa shape index (κ3) is 4.26. The molecule has 11 nitrogen and oxygen atoms in total. The normalized spacial score (nSPS) is 10.4. The second-order valence-electron chi connectivity index (χ2n) is 5.51. The molecule has 28 heavy (non-hydrogen) atoms. The van der Waals surface area contributed by atoms with Crippen LogP contribution in [-0.2, 0) is 6.54 Å². The van der Waals surface area contributed by atoms with E-state index in [-0.39, 0.29) is 18.6 Å². The summed E-state index contributed by atoms with van der Waals surface area (Å²) in [5, 5.41) is 13.5. The summed E-state index contributed by atoms with van der Waals surface area (Å²) in [5.74, 6) is 1.36. The van der Waals surface area contributed by atoms with Gasteiger partial charge in [-0.15, -0.1) is 5.10 Å². The van der Waals surface area contributed by atoms with Gasteiger partial charge >= 0.3 is 6.03 Å². The number of rotatable bonds is 7. The third-order valence-corrected chi connectivity index (χ3v) is 3.77. The number of para-hydroxylation sites is 1. The van der Waals surface area contributed by atoms with Crippen molar-refractivity contribution in [2.75, 3.05) is 26.1 Å². The van der Waals surface area contributed by atoms with E-state index in [1.165, 1.54) is 42.3 Å². The van der Waals surface area contributed by atoms with Crippen molar-refractivity contribution < 1.29 is 14.3 Å². The lowest BCUT2D eigenvalue weighted by molar-refractivity contribution is 0.251. The van der Waals surface area contributed by atoms with E-state index in [1.54, 1.807) is 24.3 Å². The average Bonchev–Trinajstić information content (AvgIpc) is 3.24. The summed E-state index contributed by atoms with van der Waals surface area (Å²) in [6.45, 7) is 0.371. The first kappa shape index (κ1) is 18.9. The zero-order valence-electron chi connectivity index (χ0n) is 15.3. The summed E-state index contributed by atoms with van der Waals surface area (Å²) in [5.41, 5.74) is 0.170. The summed E-state index contributed by atoms with van der Waals surface area (Å²) in [7, 11) is 3.00. The van der Waals surface area contributed by atoms with Gasteiger partial charge in [0.15, 0.2) is 17.3 Å². The molecule has 0 bridgehead atoms. The minimum atomic E-state index is -0.452. The van der Waals surface area contributed by atoms with Crippen molar-refractivity contribution in [3.8, 4) is 17.3 Å². The molecule has 146 valence electrons. The Labute approximate surface area is 159 Å². The van der Waals surface area contributed by atoms with Gasteiger partial charge in [0.1, 0.15) is 12.7 Å². The summed E-state index contributed by atoms with van der Waals surface area (Å²) in [6, 6.07) is 7.62. The SMILES string of the molecule is COc1cccc(NC(=O)NCCn2nc(-n3cncn3)ccc2=O)c1OC. The van der Waals surface area contributed by atoms with Crippen LogP contribution in [0.15, 0.2) is 47.8 Å². The second kappa shape index (κ2) is 8.66. The maximum Gasteiger partial charge on any atom is 0.319 e. The van der Waals surface area contributed by atoms with Gasteiger partial charge in [0.2, 0.25) is 0 Å². The maximum absolute atomic E-state index is 12.2. The lowest BCUT2D eigenvalue weighted by atomic mass is 10.2. The van der Waals surface area contributed by atoms with Crippen LogP contribution in [0.2, 0.25) is 0 Å². The quantitative estimate of drug-likeness (QED) is 0.612. The zero-order chi connectivity index (χ0) is 19.9. The van der Waals surface area contributed by atoms with E-state index in [4.69, 9.17) is 9.47 Å². The van der Waals surface area contributed by atoms with Crippen molar-refractivity contribution in [3.63, 3.8) is 0 Å². The van der Waals surface area contributed by atoms with Crippen molar-refractivity contribution in [2.45, 2.75) is 6.54 Å². The number of methoxy groups -OCH3 is 2. The fourth-order valence-corrected chi connectivity index (χ4v) is 2.47. The number of nitrogens with zero attached hydrogens (tertiary/aromatic N) is 5. The first-order chi connectivity index (χ1) is 13.6. The molecule has 11 heteroatoms. The van der Waals surface area contributed by atoms with Gasteiger partial charge in [-0.05, 0) is 18.2 Å². The number of amides is 2. The number of nitrogens with one attached hydrogen (secondary N) is 2. The Morgan fingerprint density at radius 2 is 2.04 bits per heavy atom. The number of aromatic nitrogens is 5. The van der Waals surface area contributed by atoms with Gasteiger partial charge in [0.25, 0.3) is 5.56 Å². The zero-order valence-corrected chi connectivity index (χ0v) is 15.3. The molecule has 3 rings (SSSR count). The summed E-state index contributed by atoms with van der Waals surface area (Å²) < 4.78 is 13.1. The Balaban J connectivity index is 1.61. The van der Waals surface area contributed by atoms with Gasteiger partial charge in [-0.3, -0.25) is 4.79 Å². The van der Waals surface area contributed by atoms with Crippen molar-refractivity contribution in [1.29, 1.82) is 0 Å². The molecule has 2 aromatic heterocycles. The average molecular weight is 385 g/mol. The number of benzene rings is 1. The van der Waals surface area contributed by atoms with Crippen LogP contribution in [-0.4, -0.2) is 51.3 Å². The molecule has 0 saturated heterocycles. The fourth-order valence-electron chi connectivity index (χ4n) is 2.47. The Kier molecular flexibility index (Phi) is 5.84. The third-order valence-electron chi connectivity index (χ3n) is 3.77. The van der Waals surface area contributed by atoms with Crippen LogP contribution >= 0.6 is 0 Å². The lowest BCUT2D eigenvalue weighted by Crippen LogP contribution is -2.34. The molecule has 0 atom stereocenters. The summed E-state index contributed by atoms with van der Waals surface area (Å²) >= 11 is 0. The van der Waals surface area contributed by atoms with Crippen molar-refractivity contribution in [1.82, 2.24) is 29.9 Å². The summed E-state index contributed by atoms with van der Waals surface area (Å²) in [6.07, 6.45) is 2.85. The molecule has 0 spiro atoms. The van der Waals surface area contributed by atoms with Crippen LogP contribution in [0, 0.1) is 0 Å². The summed E-state index contributed by atoms with van der Waals surface area (Å²) in [4.78, 5) is 28.0. The highest BCUT2D eigenvalue weighted by Crippen LogP contribution is 2.34. The molecule has 2 heterocycles. The molecule has 2 amide bonds. The van der Waals surface area contributed by atoms with E-state index in [1.807, 2.05) is 0 Å². The molecular formula is C17H19N7O4. The molecule has 0 radical (unpaired) electrons. The lowest BCUT2D eigenvalue weighted by Gasteiger charge is -2.14. The van der Waals surface area contributed by atoms with Crippen molar-refractivity contribution in [2.24, 2.45) is 0 Å². The van der Waals surface area contributed by atoms with Crippen molar-refractivity contribution >= 4 is 11.7 Å². The second-order valence-corrected chi connectivity index (χ2v) is 5.51. The van der Waals surface area contributed by atoms with E-state index in [0.29, 0.717) is 23.0 Å². The smallest absolute Gasteiger partial charge is 0.319 e. The Hall–Kier alpha value is -3.89. The highest BCUT2D eigenvalue weighted by molar-refractivity contribution is 5.91. The monoisotopic (exact) mass is 385 g/mol. The van der Waals surface area contributed by atoms with Gasteiger partial charge in [0, 0.05) is 12.6 Å². The Morgan fingerprint density at radius 3 is 2.75 bits per heavy atom. The van der Waals surface area contributed by atoms with Crippen LogP contribution in [0.3, 0.4) is 0 Å². The first-order valence-electron chi connectivity index (χ1n) is 8.31. The van der Waals surface area contributed by atoms with Crippen LogP contribution in [0.4, 0.5) is 10.5 Å². The van der Waals surface area contributed by atoms with Crippen LogP contribution < -0.4 is 25.7 Å². The topological polar surface area (TPSA) is 125 Å². The van der Waals surface area contributed by atoms with E-state index < -0.39 is 6.03 Å². The van der Waals surface area contributed by atoms with E-state index in [0.717, 1.165) is 0 Å². The highest BCUT2D eigenvalue weighted by atomic mass is 16.5. The number of ether oxygens (including phenoxy) is 2. The number of urea groups is 1. The van der Waals surface area contributed by atoms with Gasteiger partial charge < -0.3 is 20.1 Å². The van der Waals surface area contributed by atoms with E-state index >= 15 is 0 Å². The molecule has 0 fully saturated rings. The predicted octanol–water partition coefficient (Wildman–Crippen LogP) is 0.663. The van der Waals surface area contributed by atoms with Gasteiger partial charge in [0.05, 0.1) is 26.5 Å². The van der Waals surface area contributed by atoms with Crippen molar-refractivity contribution in [3.05, 3.63) is 53.3 Å². The predicted molar refractivity (Wildman–Crippen MR) is 100.0 cm³/mol. The molecule has 0 aliphatic heterocycles. The molecule has 0 saturated carbocycles. The number of carbonyl (C=O) groups is 1. The van der Waals surface area contributed by atoms with Crippen LogP contribution in [0.1, 0.15) is 0 Å². The van der Waals surface area contributed by atoms with E-state index in [2.05, 4.69) is 25.8 Å². The largest absolute Gasteiger partial charge is 0.493 e. The number of anilines is 1. The Bertz CT molecular complexity index is 1000.